The molecule has 2 atom stereocenters. The number of aliphatic hydroxyl groups is 1. The summed E-state index contributed by atoms with van der Waals surface area (Å²) in [5.74, 6) is 0.573. The molecule has 1 aromatic heterocycles. The summed E-state index contributed by atoms with van der Waals surface area (Å²) >= 11 is 5.15. The first-order valence-electron chi connectivity index (χ1n) is 5.15. The van der Waals surface area contributed by atoms with E-state index in [-0.39, 0.29) is 12.2 Å². The van der Waals surface area contributed by atoms with Gasteiger partial charge < -0.3 is 9.84 Å². The molecule has 2 rings (SSSR count). The first-order valence-corrected chi connectivity index (χ1v) is 6.82. The Morgan fingerprint density at radius 1 is 1.67 bits per heavy atom. The maximum Gasteiger partial charge on any atom is 0.0861 e. The predicted molar refractivity (Wildman–Crippen MR) is 65.3 cm³/mol. The average Bonchev–Trinajstić information content (AvgIpc) is 2.95. The molecule has 0 aliphatic heterocycles. The highest BCUT2D eigenvalue weighted by atomic mass is 79.9. The molecule has 0 amide bonds. The van der Waals surface area contributed by atoms with E-state index in [0.29, 0.717) is 12.3 Å². The van der Waals surface area contributed by atoms with Crippen molar-refractivity contribution in [3.05, 3.63) is 20.8 Å². The molecular formula is C11H15BrO2S. The van der Waals surface area contributed by atoms with Crippen LogP contribution in [0.5, 0.6) is 0 Å². The number of hydrogen-bond acceptors (Lipinski definition) is 3. The number of hydrogen-bond donors (Lipinski definition) is 1. The Morgan fingerprint density at radius 3 is 2.87 bits per heavy atom. The Morgan fingerprint density at radius 2 is 2.40 bits per heavy atom. The standard InChI is InChI=1S/C11H15BrO2S/c1-14-11(7-2-3-7)9(13)6-10-8(12)4-5-15-10/h4-5,7,9,11,13H,2-3,6H2,1H3. The van der Waals surface area contributed by atoms with Crippen LogP contribution in [0.3, 0.4) is 0 Å². The third kappa shape index (κ3) is 2.81. The van der Waals surface area contributed by atoms with Crippen LogP contribution in [0.1, 0.15) is 17.7 Å². The lowest BCUT2D eigenvalue weighted by Crippen LogP contribution is -2.31. The highest BCUT2D eigenvalue weighted by Crippen LogP contribution is 2.37. The van der Waals surface area contributed by atoms with Crippen LogP contribution in [-0.4, -0.2) is 24.4 Å². The third-order valence-corrected chi connectivity index (χ3v) is 4.77. The molecule has 0 bridgehead atoms. The molecule has 0 radical (unpaired) electrons. The van der Waals surface area contributed by atoms with Crippen LogP contribution in [0.15, 0.2) is 15.9 Å². The Hall–Kier alpha value is 0.100. The highest BCUT2D eigenvalue weighted by Gasteiger charge is 2.36. The van der Waals surface area contributed by atoms with Gasteiger partial charge in [0.25, 0.3) is 0 Å². The minimum Gasteiger partial charge on any atom is -0.390 e. The van der Waals surface area contributed by atoms with E-state index in [4.69, 9.17) is 4.74 Å². The van der Waals surface area contributed by atoms with Gasteiger partial charge in [-0.1, -0.05) is 0 Å². The molecule has 1 aliphatic rings. The van der Waals surface area contributed by atoms with Gasteiger partial charge in [-0.3, -0.25) is 0 Å². The van der Waals surface area contributed by atoms with Crippen molar-refractivity contribution in [2.75, 3.05) is 7.11 Å². The molecule has 2 unspecified atom stereocenters. The largest absolute Gasteiger partial charge is 0.390 e. The Balaban J connectivity index is 1.95. The number of halogens is 1. The third-order valence-electron chi connectivity index (χ3n) is 2.82. The highest BCUT2D eigenvalue weighted by molar-refractivity contribution is 9.10. The number of thiophene rings is 1. The normalized spacial score (nSPS) is 20.2. The molecule has 2 nitrogen and oxygen atoms in total. The second-order valence-corrected chi connectivity index (χ2v) is 5.86. The molecule has 4 heteroatoms. The number of rotatable bonds is 5. The molecule has 84 valence electrons. The fraction of sp³-hybridized carbons (Fsp3) is 0.636. The summed E-state index contributed by atoms with van der Waals surface area (Å²) in [7, 11) is 1.69. The zero-order chi connectivity index (χ0) is 10.8. The first kappa shape index (κ1) is 11.6. The van der Waals surface area contributed by atoms with E-state index < -0.39 is 0 Å². The molecule has 0 aromatic carbocycles. The lowest BCUT2D eigenvalue weighted by atomic mass is 10.1. The molecule has 15 heavy (non-hydrogen) atoms. The van der Waals surface area contributed by atoms with E-state index in [1.807, 2.05) is 11.4 Å². The summed E-state index contributed by atoms with van der Waals surface area (Å²) in [6.45, 7) is 0. The quantitative estimate of drug-likeness (QED) is 0.904. The fourth-order valence-corrected chi connectivity index (χ4v) is 3.43. The van der Waals surface area contributed by atoms with Crippen LogP contribution < -0.4 is 0 Å². The summed E-state index contributed by atoms with van der Waals surface area (Å²) in [5.41, 5.74) is 0. The topological polar surface area (TPSA) is 29.5 Å². The molecule has 1 saturated carbocycles. The lowest BCUT2D eigenvalue weighted by Gasteiger charge is -2.20. The van der Waals surface area contributed by atoms with Gasteiger partial charge in [-0.2, -0.15) is 0 Å². The second kappa shape index (κ2) is 4.95. The van der Waals surface area contributed by atoms with Crippen molar-refractivity contribution in [2.45, 2.75) is 31.5 Å². The van der Waals surface area contributed by atoms with E-state index >= 15 is 0 Å². The molecule has 1 fully saturated rings. The molecular weight excluding hydrogens is 276 g/mol. The summed E-state index contributed by atoms with van der Waals surface area (Å²) in [4.78, 5) is 1.20. The maximum absolute atomic E-state index is 10.1. The fourth-order valence-electron chi connectivity index (χ4n) is 1.87. The van der Waals surface area contributed by atoms with Crippen LogP contribution in [0, 0.1) is 5.92 Å². The maximum atomic E-state index is 10.1. The summed E-state index contributed by atoms with van der Waals surface area (Å²) in [6.07, 6.45) is 2.71. The van der Waals surface area contributed by atoms with Gasteiger partial charge in [0.15, 0.2) is 0 Å². The van der Waals surface area contributed by atoms with Gasteiger partial charge in [0.2, 0.25) is 0 Å². The number of aliphatic hydroxyl groups excluding tert-OH is 1. The van der Waals surface area contributed by atoms with Crippen LogP contribution in [0.2, 0.25) is 0 Å². The molecule has 1 heterocycles. The van der Waals surface area contributed by atoms with Crippen molar-refractivity contribution >= 4 is 27.3 Å². The Kier molecular flexibility index (Phi) is 3.83. The van der Waals surface area contributed by atoms with Gasteiger partial charge >= 0.3 is 0 Å². The minimum atomic E-state index is -0.377. The lowest BCUT2D eigenvalue weighted by molar-refractivity contribution is -0.0235. The van der Waals surface area contributed by atoms with E-state index in [0.717, 1.165) is 4.47 Å². The average molecular weight is 291 g/mol. The van der Waals surface area contributed by atoms with Crippen LogP contribution in [-0.2, 0) is 11.2 Å². The van der Waals surface area contributed by atoms with Crippen LogP contribution in [0.4, 0.5) is 0 Å². The molecule has 1 aliphatic carbocycles. The van der Waals surface area contributed by atoms with E-state index in [1.54, 1.807) is 18.4 Å². The van der Waals surface area contributed by atoms with E-state index in [9.17, 15) is 5.11 Å². The predicted octanol–water partition coefficient (Wildman–Crippen LogP) is 2.84. The number of ether oxygens (including phenoxy) is 1. The van der Waals surface area contributed by atoms with Gasteiger partial charge in [-0.15, -0.1) is 11.3 Å². The zero-order valence-corrected chi connectivity index (χ0v) is 11.1. The van der Waals surface area contributed by atoms with Crippen molar-refractivity contribution in [2.24, 2.45) is 5.92 Å². The smallest absolute Gasteiger partial charge is 0.0861 e. The van der Waals surface area contributed by atoms with Gasteiger partial charge in [0.1, 0.15) is 0 Å². The summed E-state index contributed by atoms with van der Waals surface area (Å²) < 4.78 is 6.46. The number of methoxy groups -OCH3 is 1. The summed E-state index contributed by atoms with van der Waals surface area (Å²) in [5, 5.41) is 12.1. The van der Waals surface area contributed by atoms with Crippen molar-refractivity contribution < 1.29 is 9.84 Å². The summed E-state index contributed by atoms with van der Waals surface area (Å²) in [6, 6.07) is 2.02. The Labute approximate surface area is 102 Å². The Bertz CT molecular complexity index is 322. The van der Waals surface area contributed by atoms with Crippen LogP contribution in [0.25, 0.3) is 0 Å². The van der Waals surface area contributed by atoms with Crippen molar-refractivity contribution in [3.8, 4) is 0 Å². The van der Waals surface area contributed by atoms with Crippen molar-refractivity contribution in [1.82, 2.24) is 0 Å². The molecule has 0 spiro atoms. The van der Waals surface area contributed by atoms with Crippen LogP contribution >= 0.6 is 27.3 Å². The minimum absolute atomic E-state index is 0.0130. The van der Waals surface area contributed by atoms with Gasteiger partial charge in [0, 0.05) is 22.9 Å². The first-order chi connectivity index (χ1) is 7.22. The van der Waals surface area contributed by atoms with E-state index in [2.05, 4.69) is 15.9 Å². The van der Waals surface area contributed by atoms with Crippen molar-refractivity contribution in [1.29, 1.82) is 0 Å². The monoisotopic (exact) mass is 290 g/mol. The van der Waals surface area contributed by atoms with Gasteiger partial charge in [-0.25, -0.2) is 0 Å². The van der Waals surface area contributed by atoms with Gasteiger partial charge in [-0.05, 0) is 46.1 Å². The molecule has 0 saturated heterocycles. The SMILES string of the molecule is COC(C(O)Cc1sccc1Br)C1CC1. The van der Waals surface area contributed by atoms with Crippen molar-refractivity contribution in [3.63, 3.8) is 0 Å². The second-order valence-electron chi connectivity index (χ2n) is 4.00. The zero-order valence-electron chi connectivity index (χ0n) is 8.65. The van der Waals surface area contributed by atoms with Gasteiger partial charge in [0.05, 0.1) is 12.2 Å². The molecule has 1 N–H and O–H groups in total. The van der Waals surface area contributed by atoms with E-state index in [1.165, 1.54) is 17.7 Å². The molecule has 1 aromatic rings.